The summed E-state index contributed by atoms with van der Waals surface area (Å²) < 4.78 is 34.2. The van der Waals surface area contributed by atoms with Gasteiger partial charge in [0.2, 0.25) is 0 Å². The molecule has 0 aliphatic carbocycles. The van der Waals surface area contributed by atoms with Gasteiger partial charge in [0.1, 0.15) is 54.9 Å². The molecule has 0 aromatic rings. The van der Waals surface area contributed by atoms with Crippen LogP contribution < -0.4 is 0 Å². The molecule has 2 aliphatic heterocycles. The molecule has 11 atom stereocenters. The summed E-state index contributed by atoms with van der Waals surface area (Å²) in [5.74, 6) is -0.462. The third kappa shape index (κ3) is 32.2. The Bertz CT molecular complexity index is 1570. The highest BCUT2D eigenvalue weighted by atomic mass is 16.7. The van der Waals surface area contributed by atoms with Crippen molar-refractivity contribution < 1.29 is 69.0 Å². The zero-order valence-electron chi connectivity index (χ0n) is 44.6. The molecule has 0 aromatic carbocycles. The fourth-order valence-electron chi connectivity index (χ4n) is 8.10. The van der Waals surface area contributed by atoms with Gasteiger partial charge in [0.05, 0.1) is 26.4 Å². The molecule has 0 bridgehead atoms. The summed E-state index contributed by atoms with van der Waals surface area (Å²) in [6.07, 6.45) is 43.3. The lowest BCUT2D eigenvalue weighted by atomic mass is 9.98. The number of ether oxygens (including phenoxy) is 6. The summed E-state index contributed by atoms with van der Waals surface area (Å²) in [7, 11) is 0. The summed E-state index contributed by atoms with van der Waals surface area (Å²) in [6, 6.07) is 0. The van der Waals surface area contributed by atoms with E-state index in [2.05, 4.69) is 98.9 Å². The van der Waals surface area contributed by atoms with Crippen molar-refractivity contribution in [3.05, 3.63) is 97.2 Å². The van der Waals surface area contributed by atoms with Crippen LogP contribution in [0.3, 0.4) is 0 Å². The van der Waals surface area contributed by atoms with Crippen molar-refractivity contribution in [3.8, 4) is 0 Å². The Morgan fingerprint density at radius 1 is 0.466 bits per heavy atom. The van der Waals surface area contributed by atoms with Crippen LogP contribution in [0.1, 0.15) is 168 Å². The lowest BCUT2D eigenvalue weighted by Crippen LogP contribution is -2.61. The van der Waals surface area contributed by atoms with Crippen molar-refractivity contribution in [2.24, 2.45) is 0 Å². The van der Waals surface area contributed by atoms with E-state index in [1.165, 1.54) is 70.6 Å². The maximum Gasteiger partial charge on any atom is 0.306 e. The Morgan fingerprint density at radius 2 is 0.890 bits per heavy atom. The molecule has 2 saturated heterocycles. The second-order valence-corrected chi connectivity index (χ2v) is 19.0. The highest BCUT2D eigenvalue weighted by molar-refractivity contribution is 5.69. The van der Waals surface area contributed by atoms with Crippen LogP contribution in [-0.4, -0.2) is 142 Å². The van der Waals surface area contributed by atoms with E-state index >= 15 is 0 Å². The van der Waals surface area contributed by atoms with Gasteiger partial charge in [-0.05, 0) is 83.5 Å². The SMILES string of the molecule is CC/C=C\C/C=C\C/C=C\C/C=C\C/C=C\C/C=C\CCC(=O)OC(COCCCCCCCCCCCC/C=C\C/C=C\CCCCC)COC1OC(COC2OC(CO)C(O)C(O)C2O)C(O)C(O)C1O. The molecule has 0 radical (unpaired) electrons. The van der Waals surface area contributed by atoms with E-state index in [-0.39, 0.29) is 19.6 Å². The van der Waals surface area contributed by atoms with E-state index in [1.807, 2.05) is 12.2 Å². The van der Waals surface area contributed by atoms with Crippen molar-refractivity contribution >= 4 is 5.97 Å². The predicted octanol–water partition coefficient (Wildman–Crippen LogP) is 9.41. The summed E-state index contributed by atoms with van der Waals surface area (Å²) >= 11 is 0. The Hall–Kier alpha value is -3.09. The number of carbonyl (C=O) groups excluding carboxylic acids is 1. The van der Waals surface area contributed by atoms with Crippen LogP contribution in [0.2, 0.25) is 0 Å². The number of carbonyl (C=O) groups is 1. The van der Waals surface area contributed by atoms with Gasteiger partial charge in [0.15, 0.2) is 12.6 Å². The first-order valence-corrected chi connectivity index (χ1v) is 27.8. The van der Waals surface area contributed by atoms with Crippen molar-refractivity contribution in [2.45, 2.75) is 235 Å². The Kier molecular flexibility index (Phi) is 40.8. The predicted molar refractivity (Wildman–Crippen MR) is 288 cm³/mol. The Morgan fingerprint density at radius 3 is 1.40 bits per heavy atom. The van der Waals surface area contributed by atoms with E-state index in [9.17, 15) is 40.5 Å². The van der Waals surface area contributed by atoms with Gasteiger partial charge >= 0.3 is 5.97 Å². The van der Waals surface area contributed by atoms with Gasteiger partial charge in [0, 0.05) is 13.0 Å². The molecule has 73 heavy (non-hydrogen) atoms. The Labute approximate surface area is 439 Å². The smallest absolute Gasteiger partial charge is 0.306 e. The van der Waals surface area contributed by atoms with Crippen LogP contribution in [-0.2, 0) is 33.2 Å². The molecule has 0 aromatic heterocycles. The normalized spacial score (nSPS) is 25.7. The summed E-state index contributed by atoms with van der Waals surface area (Å²) in [6.45, 7) is 3.43. The van der Waals surface area contributed by atoms with Crippen LogP contribution in [0, 0.1) is 0 Å². The third-order valence-electron chi connectivity index (χ3n) is 12.6. The standard InChI is InChI=1S/C59H98O14/c1-3-5-7-9-11-13-15-17-19-21-23-25-27-29-31-33-35-37-39-41-43-68-45-48(71-51(61)42-40-38-36-34-32-30-28-26-24-22-20-18-16-14-12-10-8-6-4-2)46-69-58-57(67)55(65)53(63)50(73-58)47-70-59-56(66)54(64)52(62)49(44-60)72-59/h6,8,11-14,17-20,24,26,30,32,36,38,48-50,52-60,62-67H,3-5,7,9-10,15-16,21-23,25,27-29,31,33-35,37,39-47H2,1-2H3/b8-6-,13-11-,14-12-,19-17-,20-18-,26-24-,32-30-,38-36-. The largest absolute Gasteiger partial charge is 0.457 e. The van der Waals surface area contributed by atoms with E-state index in [0.29, 0.717) is 13.0 Å². The fourth-order valence-corrected chi connectivity index (χ4v) is 8.10. The number of hydrogen-bond acceptors (Lipinski definition) is 14. The van der Waals surface area contributed by atoms with Crippen LogP contribution >= 0.6 is 0 Å². The average Bonchev–Trinajstić information content (AvgIpc) is 3.39. The van der Waals surface area contributed by atoms with Crippen LogP contribution in [0.4, 0.5) is 0 Å². The fraction of sp³-hybridized carbons (Fsp3) is 0.712. The van der Waals surface area contributed by atoms with Gasteiger partial charge in [-0.3, -0.25) is 4.79 Å². The van der Waals surface area contributed by atoms with Crippen LogP contribution in [0.5, 0.6) is 0 Å². The quantitative estimate of drug-likeness (QED) is 0.0172. The molecule has 2 fully saturated rings. The maximum absolute atomic E-state index is 13.0. The molecule has 0 amide bonds. The summed E-state index contributed by atoms with van der Waals surface area (Å²) in [5.41, 5.74) is 0. The van der Waals surface area contributed by atoms with E-state index in [0.717, 1.165) is 70.6 Å². The number of aliphatic hydroxyl groups is 7. The first kappa shape index (κ1) is 66.0. The van der Waals surface area contributed by atoms with Crippen molar-refractivity contribution in [3.63, 3.8) is 0 Å². The number of unbranched alkanes of at least 4 members (excludes halogenated alkanes) is 13. The first-order valence-electron chi connectivity index (χ1n) is 27.8. The minimum absolute atomic E-state index is 0.0231. The maximum atomic E-state index is 13.0. The number of esters is 1. The molecule has 0 spiro atoms. The monoisotopic (exact) mass is 1030 g/mol. The van der Waals surface area contributed by atoms with Gasteiger partial charge in [-0.1, -0.05) is 175 Å². The topological polar surface area (TPSA) is 214 Å². The number of hydrogen-bond donors (Lipinski definition) is 7. The second-order valence-electron chi connectivity index (χ2n) is 19.0. The third-order valence-corrected chi connectivity index (χ3v) is 12.6. The zero-order chi connectivity index (χ0) is 53.0. The highest BCUT2D eigenvalue weighted by Crippen LogP contribution is 2.26. The summed E-state index contributed by atoms with van der Waals surface area (Å²) in [5, 5.41) is 72.3. The van der Waals surface area contributed by atoms with Gasteiger partial charge in [-0.25, -0.2) is 0 Å². The molecule has 2 rings (SSSR count). The van der Waals surface area contributed by atoms with E-state index in [1.54, 1.807) is 0 Å². The molecule has 2 heterocycles. The van der Waals surface area contributed by atoms with Gasteiger partial charge in [-0.2, -0.15) is 0 Å². The van der Waals surface area contributed by atoms with Gasteiger partial charge in [0.25, 0.3) is 0 Å². The molecule has 418 valence electrons. The van der Waals surface area contributed by atoms with E-state index < -0.39 is 86.7 Å². The molecular formula is C59H98O14. The van der Waals surface area contributed by atoms with Crippen LogP contribution in [0.25, 0.3) is 0 Å². The van der Waals surface area contributed by atoms with Crippen molar-refractivity contribution in [2.75, 3.05) is 33.0 Å². The lowest BCUT2D eigenvalue weighted by molar-refractivity contribution is -0.332. The van der Waals surface area contributed by atoms with Crippen LogP contribution in [0.15, 0.2) is 97.2 Å². The minimum Gasteiger partial charge on any atom is -0.457 e. The molecule has 2 aliphatic rings. The van der Waals surface area contributed by atoms with Crippen molar-refractivity contribution in [1.82, 2.24) is 0 Å². The molecule has 14 heteroatoms. The molecule has 11 unspecified atom stereocenters. The summed E-state index contributed by atoms with van der Waals surface area (Å²) in [4.78, 5) is 13.0. The molecule has 14 nitrogen and oxygen atoms in total. The minimum atomic E-state index is -1.73. The average molecular weight is 1030 g/mol. The molecule has 7 N–H and O–H groups in total. The van der Waals surface area contributed by atoms with Gasteiger partial charge in [-0.15, -0.1) is 0 Å². The van der Waals surface area contributed by atoms with Gasteiger partial charge < -0.3 is 64.2 Å². The second kappa shape index (κ2) is 45.1. The highest BCUT2D eigenvalue weighted by Gasteiger charge is 2.47. The molecular weight excluding hydrogens is 933 g/mol. The number of aliphatic hydroxyl groups excluding tert-OH is 7. The lowest BCUT2D eigenvalue weighted by Gasteiger charge is -2.42. The van der Waals surface area contributed by atoms with Crippen molar-refractivity contribution in [1.29, 1.82) is 0 Å². The van der Waals surface area contributed by atoms with E-state index in [4.69, 9.17) is 28.4 Å². The number of rotatable bonds is 43. The molecule has 0 saturated carbocycles. The zero-order valence-corrected chi connectivity index (χ0v) is 44.6. The number of allylic oxidation sites excluding steroid dienone is 16. The first-order chi connectivity index (χ1) is 35.6. The Balaban J connectivity index is 1.78.